The van der Waals surface area contributed by atoms with Crippen LogP contribution in [0.3, 0.4) is 0 Å². The van der Waals surface area contributed by atoms with Crippen LogP contribution in [0, 0.1) is 0 Å². The van der Waals surface area contributed by atoms with Crippen LogP contribution in [-0.4, -0.2) is 73.4 Å². The Bertz CT molecular complexity index is 1660. The average molecular weight is 622 g/mol. The zero-order valence-corrected chi connectivity index (χ0v) is 26.6. The lowest BCUT2D eigenvalue weighted by Gasteiger charge is -2.42. The standard InChI is InChI=1S/C33H40ClN5O3S/c1-3-18-43(40,41)25-19-24(20-25)37(2)31-26-12-17-38(29-11-5-9-23-8-4-10-27(34)30(23)29)21-28(26)35-32(36-31)42-22-33-13-6-15-39(33)16-7-14-33/h3-5,8-11,18,24-25H,6-7,12-17,19-22H2,1-2H3/b18-3+/t24-,25-. The largest absolute Gasteiger partial charge is 0.461 e. The molecule has 0 atom stereocenters. The highest BCUT2D eigenvalue weighted by molar-refractivity contribution is 7.94. The van der Waals surface area contributed by atoms with Crippen LogP contribution in [-0.2, 0) is 22.8 Å². The predicted molar refractivity (Wildman–Crippen MR) is 173 cm³/mol. The van der Waals surface area contributed by atoms with Gasteiger partial charge in [-0.15, -0.1) is 0 Å². The van der Waals surface area contributed by atoms with Crippen molar-refractivity contribution in [1.82, 2.24) is 14.9 Å². The lowest BCUT2D eigenvalue weighted by Crippen LogP contribution is -2.49. The van der Waals surface area contributed by atoms with Gasteiger partial charge >= 0.3 is 6.01 Å². The van der Waals surface area contributed by atoms with Crippen molar-refractivity contribution in [3.05, 3.63) is 64.2 Å². The number of hydrogen-bond donors (Lipinski definition) is 0. The monoisotopic (exact) mass is 621 g/mol. The van der Waals surface area contributed by atoms with E-state index < -0.39 is 9.84 Å². The minimum atomic E-state index is -3.22. The molecule has 0 amide bonds. The lowest BCUT2D eigenvalue weighted by atomic mass is 9.90. The molecule has 4 aliphatic rings. The highest BCUT2D eigenvalue weighted by atomic mass is 35.5. The Morgan fingerprint density at radius 2 is 1.84 bits per heavy atom. The van der Waals surface area contributed by atoms with Crippen LogP contribution < -0.4 is 14.5 Å². The first-order valence-corrected chi connectivity index (χ1v) is 17.6. The van der Waals surface area contributed by atoms with Crippen LogP contribution in [0.1, 0.15) is 56.7 Å². The Hall–Kier alpha value is -2.88. The van der Waals surface area contributed by atoms with E-state index in [0.717, 1.165) is 77.5 Å². The highest BCUT2D eigenvalue weighted by Crippen LogP contribution is 2.41. The van der Waals surface area contributed by atoms with Gasteiger partial charge in [0.15, 0.2) is 9.84 Å². The van der Waals surface area contributed by atoms with Gasteiger partial charge in [0.05, 0.1) is 28.1 Å². The van der Waals surface area contributed by atoms with Crippen LogP contribution in [0.15, 0.2) is 47.9 Å². The van der Waals surface area contributed by atoms with E-state index in [1.165, 1.54) is 18.2 Å². The molecule has 7 rings (SSSR count). The molecule has 228 valence electrons. The van der Waals surface area contributed by atoms with E-state index in [1.54, 1.807) is 13.0 Å². The Morgan fingerprint density at radius 3 is 2.58 bits per heavy atom. The van der Waals surface area contributed by atoms with E-state index in [9.17, 15) is 8.42 Å². The number of halogens is 1. The highest BCUT2D eigenvalue weighted by Gasteiger charge is 2.45. The molecule has 8 nitrogen and oxygen atoms in total. The summed E-state index contributed by atoms with van der Waals surface area (Å²) >= 11 is 6.71. The SMILES string of the molecule is C/C=C/S(=O)(=O)[C@H]1C[C@H](N(C)c2nc(OCC34CCCN3CCC4)nc3c2CCN(c2cccc4cccc(Cl)c24)C3)C1. The summed E-state index contributed by atoms with van der Waals surface area (Å²) in [7, 11) is -1.18. The van der Waals surface area contributed by atoms with Crippen molar-refractivity contribution < 1.29 is 13.2 Å². The molecule has 4 heterocycles. The smallest absolute Gasteiger partial charge is 0.318 e. The van der Waals surface area contributed by atoms with Gasteiger partial charge in [-0.25, -0.2) is 8.42 Å². The Labute approximate surface area is 259 Å². The summed E-state index contributed by atoms with van der Waals surface area (Å²) < 4.78 is 31.7. The summed E-state index contributed by atoms with van der Waals surface area (Å²) in [5, 5.41) is 3.92. The summed E-state index contributed by atoms with van der Waals surface area (Å²) in [5.41, 5.74) is 3.29. The molecular weight excluding hydrogens is 582 g/mol. The molecular formula is C33H40ClN5O3S. The van der Waals surface area contributed by atoms with Crippen LogP contribution in [0.2, 0.25) is 5.02 Å². The molecule has 0 spiro atoms. The number of nitrogens with zero attached hydrogens (tertiary/aromatic N) is 5. The van der Waals surface area contributed by atoms with E-state index in [2.05, 4.69) is 39.0 Å². The average Bonchev–Trinajstić information content (AvgIpc) is 3.55. The normalized spacial score (nSPS) is 23.4. The molecule has 0 bridgehead atoms. The van der Waals surface area contributed by atoms with Crippen LogP contribution in [0.25, 0.3) is 10.8 Å². The number of fused-ring (bicyclic) bond motifs is 3. The van der Waals surface area contributed by atoms with E-state index in [-0.39, 0.29) is 16.8 Å². The second kappa shape index (κ2) is 11.2. The molecule has 1 saturated carbocycles. The number of rotatable bonds is 8. The summed E-state index contributed by atoms with van der Waals surface area (Å²) in [6.45, 7) is 6.07. The Morgan fingerprint density at radius 1 is 1.09 bits per heavy atom. The summed E-state index contributed by atoms with van der Waals surface area (Å²) in [6, 6.07) is 12.9. The molecule has 43 heavy (non-hydrogen) atoms. The topological polar surface area (TPSA) is 78.9 Å². The fourth-order valence-corrected chi connectivity index (χ4v) is 9.61. The third-order valence-electron chi connectivity index (χ3n) is 10.2. The maximum atomic E-state index is 12.6. The van der Waals surface area contributed by atoms with Gasteiger partial charge in [-0.05, 0) is 82.5 Å². The van der Waals surface area contributed by atoms with Crippen molar-refractivity contribution in [2.75, 3.05) is 43.1 Å². The summed E-state index contributed by atoms with van der Waals surface area (Å²) in [4.78, 5) is 17.2. The third-order valence-corrected chi connectivity index (χ3v) is 12.5. The number of sulfone groups is 1. The number of allylic oxidation sites excluding steroid dienone is 1. The van der Waals surface area contributed by atoms with Crippen LogP contribution in [0.4, 0.5) is 11.5 Å². The van der Waals surface area contributed by atoms with Crippen molar-refractivity contribution >= 4 is 43.7 Å². The number of aromatic nitrogens is 2. The van der Waals surface area contributed by atoms with Gasteiger partial charge in [0.25, 0.3) is 0 Å². The summed E-state index contributed by atoms with van der Waals surface area (Å²) in [6.07, 6.45) is 8.32. The molecule has 2 aromatic carbocycles. The van der Waals surface area contributed by atoms with E-state index in [4.69, 9.17) is 26.3 Å². The summed E-state index contributed by atoms with van der Waals surface area (Å²) in [5.74, 6) is 0.870. The first-order chi connectivity index (χ1) is 20.8. The first kappa shape index (κ1) is 28.9. The number of ether oxygens (including phenoxy) is 1. The minimum Gasteiger partial charge on any atom is -0.461 e. The maximum absolute atomic E-state index is 12.6. The number of hydrogen-bond acceptors (Lipinski definition) is 8. The number of benzene rings is 2. The van der Waals surface area contributed by atoms with Gasteiger partial charge < -0.3 is 14.5 Å². The minimum absolute atomic E-state index is 0.0966. The molecule has 0 radical (unpaired) electrons. The number of anilines is 2. The zero-order chi connectivity index (χ0) is 29.8. The molecule has 0 N–H and O–H groups in total. The van der Waals surface area contributed by atoms with Crippen LogP contribution >= 0.6 is 11.6 Å². The second-order valence-electron chi connectivity index (χ2n) is 12.7. The van der Waals surface area contributed by atoms with Gasteiger partial charge in [0.1, 0.15) is 12.4 Å². The van der Waals surface area contributed by atoms with E-state index >= 15 is 0 Å². The lowest BCUT2D eigenvalue weighted by molar-refractivity contribution is 0.107. The van der Waals surface area contributed by atoms with E-state index in [0.29, 0.717) is 32.0 Å². The van der Waals surface area contributed by atoms with Crippen LogP contribution in [0.5, 0.6) is 6.01 Å². The van der Waals surface area contributed by atoms with Crippen molar-refractivity contribution in [3.63, 3.8) is 0 Å². The van der Waals surface area contributed by atoms with Crippen molar-refractivity contribution in [2.24, 2.45) is 0 Å². The fourth-order valence-electron chi connectivity index (χ4n) is 7.75. The van der Waals surface area contributed by atoms with E-state index in [1.807, 2.05) is 19.2 Å². The van der Waals surface area contributed by atoms with Crippen molar-refractivity contribution in [1.29, 1.82) is 0 Å². The molecule has 3 aliphatic heterocycles. The van der Waals surface area contributed by atoms with Gasteiger partial charge in [-0.3, -0.25) is 4.90 Å². The predicted octanol–water partition coefficient (Wildman–Crippen LogP) is 5.77. The Balaban J connectivity index is 1.20. The molecule has 0 unspecified atom stereocenters. The Kier molecular flexibility index (Phi) is 7.54. The van der Waals surface area contributed by atoms with Gasteiger partial charge in [0.2, 0.25) is 0 Å². The van der Waals surface area contributed by atoms with Gasteiger partial charge in [-0.1, -0.05) is 41.9 Å². The third kappa shape index (κ3) is 5.17. The van der Waals surface area contributed by atoms with Gasteiger partial charge in [-0.2, -0.15) is 9.97 Å². The van der Waals surface area contributed by atoms with Crippen molar-refractivity contribution in [2.45, 2.75) is 75.2 Å². The maximum Gasteiger partial charge on any atom is 0.318 e. The second-order valence-corrected chi connectivity index (χ2v) is 15.2. The zero-order valence-electron chi connectivity index (χ0n) is 25.0. The molecule has 3 fully saturated rings. The fraction of sp³-hybridized carbons (Fsp3) is 0.515. The molecule has 10 heteroatoms. The quantitative estimate of drug-likeness (QED) is 0.314. The molecule has 1 aromatic heterocycles. The molecule has 3 aromatic rings. The molecule has 1 aliphatic carbocycles. The first-order valence-electron chi connectivity index (χ1n) is 15.6. The van der Waals surface area contributed by atoms with Gasteiger partial charge in [0, 0.05) is 41.7 Å². The molecule has 2 saturated heterocycles. The van der Waals surface area contributed by atoms with Crippen molar-refractivity contribution in [3.8, 4) is 6.01 Å².